The molecule has 1 fully saturated rings. The number of nitrogens with zero attached hydrogens (tertiary/aromatic N) is 1. The molecule has 1 atom stereocenters. The van der Waals surface area contributed by atoms with Crippen molar-refractivity contribution in [2.24, 2.45) is 0 Å². The number of carbonyl (C=O) groups is 2. The van der Waals surface area contributed by atoms with E-state index in [0.717, 1.165) is 22.2 Å². The van der Waals surface area contributed by atoms with Crippen LogP contribution in [-0.4, -0.2) is 31.0 Å². The van der Waals surface area contributed by atoms with E-state index in [-0.39, 0.29) is 17.9 Å². The Morgan fingerprint density at radius 1 is 1.07 bits per heavy atom. The Kier molecular flexibility index (Phi) is 4.98. The first-order valence-corrected chi connectivity index (χ1v) is 9.47. The van der Waals surface area contributed by atoms with E-state index in [1.165, 1.54) is 0 Å². The van der Waals surface area contributed by atoms with E-state index in [0.29, 0.717) is 25.1 Å². The van der Waals surface area contributed by atoms with Crippen LogP contribution in [0.25, 0.3) is 10.8 Å². The Morgan fingerprint density at radius 3 is 2.57 bits per heavy atom. The van der Waals surface area contributed by atoms with Gasteiger partial charge in [-0.3, -0.25) is 9.59 Å². The lowest BCUT2D eigenvalue weighted by atomic mass is 10.1. The van der Waals surface area contributed by atoms with Crippen molar-refractivity contribution in [2.75, 3.05) is 18.1 Å². The highest BCUT2D eigenvalue weighted by atomic mass is 16.5. The minimum absolute atomic E-state index is 0.00738. The predicted octanol–water partition coefficient (Wildman–Crippen LogP) is 3.77. The van der Waals surface area contributed by atoms with Gasteiger partial charge in [-0.1, -0.05) is 30.3 Å². The number of amides is 2. The van der Waals surface area contributed by atoms with Crippen LogP contribution >= 0.6 is 0 Å². The molecule has 28 heavy (non-hydrogen) atoms. The molecule has 0 spiro atoms. The zero-order chi connectivity index (χ0) is 19.5. The molecular weight excluding hydrogens is 352 g/mol. The Bertz CT molecular complexity index is 1010. The largest absolute Gasteiger partial charge is 0.494 e. The molecule has 142 valence electrons. The topological polar surface area (TPSA) is 58.6 Å². The zero-order valence-electron chi connectivity index (χ0n) is 15.7. The summed E-state index contributed by atoms with van der Waals surface area (Å²) in [4.78, 5) is 26.8. The normalized spacial score (nSPS) is 16.4. The first-order valence-electron chi connectivity index (χ1n) is 9.47. The molecule has 0 radical (unpaired) electrons. The molecule has 3 aromatic rings. The van der Waals surface area contributed by atoms with E-state index in [2.05, 4.69) is 5.32 Å². The van der Waals surface area contributed by atoms with Gasteiger partial charge in [0.05, 0.1) is 12.6 Å². The SMILES string of the molecule is CCOc1ccc(N2C[C@@H](NC(=O)c3ccc4ccccc4c3)CC2=O)cc1. The zero-order valence-corrected chi connectivity index (χ0v) is 15.7. The molecule has 5 nitrogen and oxygen atoms in total. The van der Waals surface area contributed by atoms with Crippen molar-refractivity contribution in [3.8, 4) is 5.75 Å². The quantitative estimate of drug-likeness (QED) is 0.739. The van der Waals surface area contributed by atoms with Gasteiger partial charge in [-0.05, 0) is 54.1 Å². The molecule has 0 aliphatic carbocycles. The van der Waals surface area contributed by atoms with E-state index < -0.39 is 0 Å². The van der Waals surface area contributed by atoms with Crippen LogP contribution < -0.4 is 15.0 Å². The highest BCUT2D eigenvalue weighted by molar-refractivity contribution is 6.00. The lowest BCUT2D eigenvalue weighted by molar-refractivity contribution is -0.117. The van der Waals surface area contributed by atoms with E-state index in [9.17, 15) is 9.59 Å². The Morgan fingerprint density at radius 2 is 1.82 bits per heavy atom. The standard InChI is InChI=1S/C23H22N2O3/c1-2-28-21-11-9-20(10-12-21)25-15-19(14-22(25)26)24-23(27)18-8-7-16-5-3-4-6-17(16)13-18/h3-13,19H,2,14-15H2,1H3,(H,24,27)/t19-/m0/s1. The molecule has 0 bridgehead atoms. The van der Waals surface area contributed by atoms with E-state index in [4.69, 9.17) is 4.74 Å². The van der Waals surface area contributed by atoms with Crippen LogP contribution in [0.3, 0.4) is 0 Å². The van der Waals surface area contributed by atoms with Crippen molar-refractivity contribution in [1.82, 2.24) is 5.32 Å². The van der Waals surface area contributed by atoms with E-state index in [1.54, 1.807) is 4.90 Å². The molecule has 3 aromatic carbocycles. The van der Waals surface area contributed by atoms with Crippen LogP contribution in [0.5, 0.6) is 5.75 Å². The molecule has 0 aromatic heterocycles. The number of benzene rings is 3. The second-order valence-corrected chi connectivity index (χ2v) is 6.87. The number of carbonyl (C=O) groups excluding carboxylic acids is 2. The summed E-state index contributed by atoms with van der Waals surface area (Å²) < 4.78 is 5.44. The summed E-state index contributed by atoms with van der Waals surface area (Å²) in [6, 6.07) is 20.8. The lowest BCUT2D eigenvalue weighted by Crippen LogP contribution is -2.37. The third-order valence-corrected chi connectivity index (χ3v) is 4.93. The van der Waals surface area contributed by atoms with E-state index in [1.807, 2.05) is 73.7 Å². The molecule has 1 saturated heterocycles. The Hall–Kier alpha value is -3.34. The Balaban J connectivity index is 1.43. The molecule has 1 aliphatic rings. The first-order chi connectivity index (χ1) is 13.6. The van der Waals surface area contributed by atoms with Crippen molar-refractivity contribution in [3.05, 3.63) is 72.3 Å². The van der Waals surface area contributed by atoms with Crippen molar-refractivity contribution < 1.29 is 14.3 Å². The van der Waals surface area contributed by atoms with E-state index >= 15 is 0 Å². The van der Waals surface area contributed by atoms with Crippen LogP contribution in [0.1, 0.15) is 23.7 Å². The highest BCUT2D eigenvalue weighted by Gasteiger charge is 2.31. The summed E-state index contributed by atoms with van der Waals surface area (Å²) in [7, 11) is 0. The molecule has 4 rings (SSSR count). The monoisotopic (exact) mass is 374 g/mol. The lowest BCUT2D eigenvalue weighted by Gasteiger charge is -2.18. The molecule has 5 heteroatoms. The number of ether oxygens (including phenoxy) is 1. The second-order valence-electron chi connectivity index (χ2n) is 6.87. The summed E-state index contributed by atoms with van der Waals surface area (Å²) >= 11 is 0. The van der Waals surface area contributed by atoms with Crippen LogP contribution in [0.4, 0.5) is 5.69 Å². The second kappa shape index (κ2) is 7.72. The van der Waals surface area contributed by atoms with Gasteiger partial charge in [0.15, 0.2) is 0 Å². The number of hydrogen-bond donors (Lipinski definition) is 1. The summed E-state index contributed by atoms with van der Waals surface area (Å²) in [5, 5.41) is 5.11. The number of hydrogen-bond acceptors (Lipinski definition) is 3. The molecule has 0 unspecified atom stereocenters. The maximum Gasteiger partial charge on any atom is 0.251 e. The maximum atomic E-state index is 12.7. The van der Waals surface area contributed by atoms with Gasteiger partial charge in [0, 0.05) is 24.2 Å². The number of nitrogens with one attached hydrogen (secondary N) is 1. The smallest absolute Gasteiger partial charge is 0.251 e. The average Bonchev–Trinajstić information content (AvgIpc) is 3.08. The van der Waals surface area contributed by atoms with Gasteiger partial charge in [-0.2, -0.15) is 0 Å². The molecule has 1 heterocycles. The van der Waals surface area contributed by atoms with Gasteiger partial charge in [0.25, 0.3) is 5.91 Å². The fraction of sp³-hybridized carbons (Fsp3) is 0.217. The highest BCUT2D eigenvalue weighted by Crippen LogP contribution is 2.24. The fourth-order valence-corrected chi connectivity index (χ4v) is 3.54. The summed E-state index contributed by atoms with van der Waals surface area (Å²) in [5.41, 5.74) is 1.42. The van der Waals surface area contributed by atoms with Crippen molar-refractivity contribution >= 4 is 28.3 Å². The fourth-order valence-electron chi connectivity index (χ4n) is 3.54. The van der Waals surface area contributed by atoms with Crippen molar-refractivity contribution in [3.63, 3.8) is 0 Å². The molecule has 0 saturated carbocycles. The maximum absolute atomic E-state index is 12.7. The van der Waals surface area contributed by atoms with Crippen LogP contribution in [0, 0.1) is 0 Å². The molecule has 2 amide bonds. The van der Waals surface area contributed by atoms with Gasteiger partial charge in [0.1, 0.15) is 5.75 Å². The van der Waals surface area contributed by atoms with Gasteiger partial charge in [0.2, 0.25) is 5.91 Å². The summed E-state index contributed by atoms with van der Waals surface area (Å²) in [6.45, 7) is 3.00. The van der Waals surface area contributed by atoms with Gasteiger partial charge in [-0.25, -0.2) is 0 Å². The molecule has 1 aliphatic heterocycles. The third kappa shape index (κ3) is 3.69. The third-order valence-electron chi connectivity index (χ3n) is 4.93. The van der Waals surface area contributed by atoms with Gasteiger partial charge < -0.3 is 15.0 Å². The van der Waals surface area contributed by atoms with Crippen LogP contribution in [0.15, 0.2) is 66.7 Å². The minimum Gasteiger partial charge on any atom is -0.494 e. The minimum atomic E-state index is -0.210. The van der Waals surface area contributed by atoms with Crippen LogP contribution in [0.2, 0.25) is 0 Å². The number of anilines is 1. The van der Waals surface area contributed by atoms with Crippen molar-refractivity contribution in [2.45, 2.75) is 19.4 Å². The number of fused-ring (bicyclic) bond motifs is 1. The Labute approximate surface area is 163 Å². The summed E-state index contributed by atoms with van der Waals surface area (Å²) in [6.07, 6.45) is 0.298. The molecular formula is C23H22N2O3. The predicted molar refractivity (Wildman–Crippen MR) is 110 cm³/mol. The van der Waals surface area contributed by atoms with Gasteiger partial charge in [-0.15, -0.1) is 0 Å². The summed E-state index contributed by atoms with van der Waals surface area (Å²) in [5.74, 6) is 0.629. The van der Waals surface area contributed by atoms with Crippen molar-refractivity contribution in [1.29, 1.82) is 0 Å². The van der Waals surface area contributed by atoms with Gasteiger partial charge >= 0.3 is 0 Å². The average molecular weight is 374 g/mol. The molecule has 1 N–H and O–H groups in total. The number of rotatable bonds is 5. The first kappa shape index (κ1) is 18.0. The van der Waals surface area contributed by atoms with Crippen LogP contribution in [-0.2, 0) is 4.79 Å².